The second kappa shape index (κ2) is 8.45. The molecule has 0 unspecified atom stereocenters. The Morgan fingerprint density at radius 2 is 2.00 bits per heavy atom. The fraction of sp³-hybridized carbons (Fsp3) is 0.105. The molecule has 0 saturated carbocycles. The molecule has 1 amide bonds. The summed E-state index contributed by atoms with van der Waals surface area (Å²) in [6, 6.07) is 14.0. The zero-order valence-electron chi connectivity index (χ0n) is 14.7. The molecule has 8 nitrogen and oxygen atoms in total. The molecule has 1 heterocycles. The molecule has 28 heavy (non-hydrogen) atoms. The van der Waals surface area contributed by atoms with Crippen LogP contribution in [0.4, 0.5) is 11.4 Å². The quantitative estimate of drug-likeness (QED) is 0.454. The first-order chi connectivity index (χ1) is 13.5. The molecular weight excluding hydrogens is 388 g/mol. The molecule has 0 radical (unpaired) electrons. The van der Waals surface area contributed by atoms with Gasteiger partial charge in [0.15, 0.2) is 5.76 Å². The van der Waals surface area contributed by atoms with Crippen LogP contribution in [0.5, 0.6) is 11.5 Å². The summed E-state index contributed by atoms with van der Waals surface area (Å²) >= 11 is 5.89. The van der Waals surface area contributed by atoms with Gasteiger partial charge in [0.25, 0.3) is 11.6 Å². The third-order valence-corrected chi connectivity index (χ3v) is 3.95. The van der Waals surface area contributed by atoms with Crippen LogP contribution in [0.25, 0.3) is 0 Å². The third-order valence-electron chi connectivity index (χ3n) is 3.71. The number of ether oxygens (including phenoxy) is 2. The van der Waals surface area contributed by atoms with Crippen molar-refractivity contribution in [2.45, 2.75) is 6.61 Å². The Bertz CT molecular complexity index is 1020. The first-order valence-corrected chi connectivity index (χ1v) is 8.45. The number of methoxy groups -OCH3 is 1. The lowest BCUT2D eigenvalue weighted by Crippen LogP contribution is -2.12. The Kier molecular flexibility index (Phi) is 5.81. The SMILES string of the molecule is COc1ccc(NC(=O)c2ccc(COc3cccc(Cl)c3)o2)c([N+](=O)[O-])c1. The van der Waals surface area contributed by atoms with E-state index in [1.165, 1.54) is 31.4 Å². The van der Waals surface area contributed by atoms with Crippen LogP contribution in [0.15, 0.2) is 59.0 Å². The van der Waals surface area contributed by atoms with Gasteiger partial charge >= 0.3 is 0 Å². The van der Waals surface area contributed by atoms with Gasteiger partial charge in [-0.3, -0.25) is 14.9 Å². The molecule has 1 aromatic heterocycles. The van der Waals surface area contributed by atoms with Crippen LogP contribution in [0, 0.1) is 10.1 Å². The fourth-order valence-corrected chi connectivity index (χ4v) is 2.55. The highest BCUT2D eigenvalue weighted by Gasteiger charge is 2.19. The minimum atomic E-state index is -0.623. The van der Waals surface area contributed by atoms with E-state index in [0.29, 0.717) is 22.3 Å². The van der Waals surface area contributed by atoms with Crippen LogP contribution in [-0.4, -0.2) is 17.9 Å². The Balaban J connectivity index is 1.68. The number of nitro groups is 1. The molecule has 0 fully saturated rings. The molecular formula is C19H15ClN2O6. The number of carbonyl (C=O) groups excluding carboxylic acids is 1. The van der Waals surface area contributed by atoms with E-state index in [4.69, 9.17) is 25.5 Å². The van der Waals surface area contributed by atoms with Gasteiger partial charge in [-0.1, -0.05) is 17.7 Å². The number of hydrogen-bond donors (Lipinski definition) is 1. The van der Waals surface area contributed by atoms with Crippen molar-refractivity contribution in [2.75, 3.05) is 12.4 Å². The molecule has 0 bridgehead atoms. The molecule has 144 valence electrons. The van der Waals surface area contributed by atoms with Gasteiger partial charge in [0.1, 0.15) is 29.6 Å². The van der Waals surface area contributed by atoms with Crippen molar-refractivity contribution >= 4 is 28.9 Å². The number of anilines is 1. The van der Waals surface area contributed by atoms with Crippen LogP contribution in [-0.2, 0) is 6.61 Å². The molecule has 1 N–H and O–H groups in total. The largest absolute Gasteiger partial charge is 0.496 e. The van der Waals surface area contributed by atoms with E-state index in [0.717, 1.165) is 0 Å². The van der Waals surface area contributed by atoms with Gasteiger partial charge in [0.2, 0.25) is 0 Å². The van der Waals surface area contributed by atoms with Crippen molar-refractivity contribution in [3.8, 4) is 11.5 Å². The van der Waals surface area contributed by atoms with Crippen LogP contribution in [0.3, 0.4) is 0 Å². The zero-order chi connectivity index (χ0) is 20.1. The van der Waals surface area contributed by atoms with Crippen LogP contribution < -0.4 is 14.8 Å². The van der Waals surface area contributed by atoms with E-state index in [-0.39, 0.29) is 23.7 Å². The number of halogens is 1. The Labute approximate surface area is 164 Å². The summed E-state index contributed by atoms with van der Waals surface area (Å²) in [4.78, 5) is 23.0. The predicted octanol–water partition coefficient (Wildman–Crippen LogP) is 4.68. The third kappa shape index (κ3) is 4.60. The van der Waals surface area contributed by atoms with Crippen molar-refractivity contribution in [1.29, 1.82) is 0 Å². The average molecular weight is 403 g/mol. The molecule has 0 saturated heterocycles. The zero-order valence-corrected chi connectivity index (χ0v) is 15.4. The molecule has 2 aromatic carbocycles. The number of amides is 1. The summed E-state index contributed by atoms with van der Waals surface area (Å²) in [6.07, 6.45) is 0. The van der Waals surface area contributed by atoms with Gasteiger partial charge < -0.3 is 19.2 Å². The maximum absolute atomic E-state index is 12.4. The Morgan fingerprint density at radius 1 is 1.18 bits per heavy atom. The number of rotatable bonds is 7. The van der Waals surface area contributed by atoms with Gasteiger partial charge in [-0.15, -0.1) is 0 Å². The molecule has 9 heteroatoms. The smallest absolute Gasteiger partial charge is 0.296 e. The monoisotopic (exact) mass is 402 g/mol. The summed E-state index contributed by atoms with van der Waals surface area (Å²) in [5, 5.41) is 14.2. The molecule has 0 aliphatic heterocycles. The summed E-state index contributed by atoms with van der Waals surface area (Å²) in [6.45, 7) is 0.0936. The number of nitrogens with one attached hydrogen (secondary N) is 1. The number of nitro benzene ring substituents is 1. The summed E-state index contributed by atoms with van der Waals surface area (Å²) in [5.41, 5.74) is -0.257. The number of nitrogens with zero attached hydrogens (tertiary/aromatic N) is 1. The van der Waals surface area contributed by atoms with Gasteiger partial charge in [-0.2, -0.15) is 0 Å². The highest BCUT2D eigenvalue weighted by molar-refractivity contribution is 6.30. The molecule has 0 spiro atoms. The Morgan fingerprint density at radius 3 is 2.71 bits per heavy atom. The number of furan rings is 1. The number of hydrogen-bond acceptors (Lipinski definition) is 6. The topological polar surface area (TPSA) is 104 Å². The average Bonchev–Trinajstić information content (AvgIpc) is 3.16. The lowest BCUT2D eigenvalue weighted by molar-refractivity contribution is -0.384. The van der Waals surface area contributed by atoms with Gasteiger partial charge in [0, 0.05) is 5.02 Å². The lowest BCUT2D eigenvalue weighted by Gasteiger charge is -2.06. The van der Waals surface area contributed by atoms with Crippen molar-refractivity contribution in [1.82, 2.24) is 0 Å². The van der Waals surface area contributed by atoms with E-state index in [9.17, 15) is 14.9 Å². The van der Waals surface area contributed by atoms with E-state index >= 15 is 0 Å². The first kappa shape index (κ1) is 19.2. The molecule has 3 rings (SSSR count). The predicted molar refractivity (Wildman–Crippen MR) is 102 cm³/mol. The standard InChI is InChI=1S/C19H15ClN2O6/c1-26-13-5-7-16(17(10-13)22(24)25)21-19(23)18-8-6-15(28-18)11-27-14-4-2-3-12(20)9-14/h2-10H,11H2,1H3,(H,21,23). The van der Waals surface area contributed by atoms with Crippen LogP contribution >= 0.6 is 11.6 Å². The maximum Gasteiger partial charge on any atom is 0.296 e. The molecule has 0 aliphatic carbocycles. The molecule has 3 aromatic rings. The minimum Gasteiger partial charge on any atom is -0.496 e. The van der Waals surface area contributed by atoms with Crippen LogP contribution in [0.1, 0.15) is 16.3 Å². The van der Waals surface area contributed by atoms with E-state index < -0.39 is 10.8 Å². The van der Waals surface area contributed by atoms with Crippen molar-refractivity contribution < 1.29 is 23.6 Å². The Hall–Kier alpha value is -3.52. The maximum atomic E-state index is 12.4. The number of benzene rings is 2. The second-order valence-electron chi connectivity index (χ2n) is 5.61. The van der Waals surface area contributed by atoms with E-state index in [1.807, 2.05) is 0 Å². The first-order valence-electron chi connectivity index (χ1n) is 8.07. The van der Waals surface area contributed by atoms with E-state index in [1.54, 1.807) is 30.3 Å². The highest BCUT2D eigenvalue weighted by atomic mass is 35.5. The fourth-order valence-electron chi connectivity index (χ4n) is 2.37. The minimum absolute atomic E-state index is 0.00481. The van der Waals surface area contributed by atoms with Crippen LogP contribution in [0.2, 0.25) is 5.02 Å². The van der Waals surface area contributed by atoms with Crippen molar-refractivity contribution in [3.05, 3.63) is 81.3 Å². The molecule has 0 aliphatic rings. The molecule has 0 atom stereocenters. The van der Waals surface area contributed by atoms with Gasteiger partial charge in [0.05, 0.1) is 18.1 Å². The van der Waals surface area contributed by atoms with Gasteiger partial charge in [-0.05, 0) is 42.5 Å². The van der Waals surface area contributed by atoms with Crippen molar-refractivity contribution in [2.24, 2.45) is 0 Å². The summed E-state index contributed by atoms with van der Waals surface area (Å²) < 4.78 is 16.0. The summed E-state index contributed by atoms with van der Waals surface area (Å²) in [7, 11) is 1.40. The highest BCUT2D eigenvalue weighted by Crippen LogP contribution is 2.29. The van der Waals surface area contributed by atoms with E-state index in [2.05, 4.69) is 5.32 Å². The normalized spacial score (nSPS) is 10.4. The lowest BCUT2D eigenvalue weighted by atomic mass is 10.2. The van der Waals surface area contributed by atoms with Crippen molar-refractivity contribution in [3.63, 3.8) is 0 Å². The number of carbonyl (C=O) groups is 1. The summed E-state index contributed by atoms with van der Waals surface area (Å²) in [5.74, 6) is 0.651. The van der Waals surface area contributed by atoms with Gasteiger partial charge in [-0.25, -0.2) is 0 Å². The second-order valence-corrected chi connectivity index (χ2v) is 6.04.